The molecule has 0 bridgehead atoms. The lowest BCUT2D eigenvalue weighted by Gasteiger charge is -2.30. The van der Waals surface area contributed by atoms with Crippen LogP contribution in [0.2, 0.25) is 0 Å². The van der Waals surface area contributed by atoms with Crippen molar-refractivity contribution in [3.8, 4) is 6.01 Å². The molecule has 0 unspecified atom stereocenters. The number of rotatable bonds is 8. The summed E-state index contributed by atoms with van der Waals surface area (Å²) in [6, 6.07) is 8.39. The molecule has 1 amide bonds. The fraction of sp³-hybridized carbons (Fsp3) is 0.333. The number of nitrogens with one attached hydrogen (secondary N) is 2. The number of hydrogen-bond donors (Lipinski definition) is 3. The molecule has 9 heteroatoms. The molecule has 2 aliphatic heterocycles. The molecule has 0 fully saturated rings. The first-order valence-electron chi connectivity index (χ1n) is 11.2. The first-order valence-corrected chi connectivity index (χ1v) is 11.2. The van der Waals surface area contributed by atoms with Crippen molar-refractivity contribution in [1.29, 1.82) is 0 Å². The lowest BCUT2D eigenvalue weighted by molar-refractivity contribution is -0.115. The smallest absolute Gasteiger partial charge is 0.320 e. The van der Waals surface area contributed by atoms with E-state index >= 15 is 0 Å². The molecule has 4 N–H and O–H groups in total. The summed E-state index contributed by atoms with van der Waals surface area (Å²) in [6.07, 6.45) is 10.8. The van der Waals surface area contributed by atoms with Crippen molar-refractivity contribution in [3.05, 3.63) is 59.8 Å². The number of fused-ring (bicyclic) bond motifs is 1. The van der Waals surface area contributed by atoms with Gasteiger partial charge in [0.25, 0.3) is 0 Å². The third-order valence-electron chi connectivity index (χ3n) is 5.22. The first-order chi connectivity index (χ1) is 16.1. The van der Waals surface area contributed by atoms with Crippen LogP contribution in [0.1, 0.15) is 37.3 Å². The molecule has 172 valence electrons. The van der Waals surface area contributed by atoms with Gasteiger partial charge in [0.05, 0.1) is 19.7 Å². The zero-order valence-electron chi connectivity index (χ0n) is 18.8. The van der Waals surface area contributed by atoms with E-state index in [2.05, 4.69) is 44.7 Å². The van der Waals surface area contributed by atoms with Gasteiger partial charge in [-0.05, 0) is 36.2 Å². The van der Waals surface area contributed by atoms with Crippen LogP contribution >= 0.6 is 0 Å². The van der Waals surface area contributed by atoms with Crippen molar-refractivity contribution in [2.24, 2.45) is 4.99 Å². The average molecular weight is 448 g/mol. The summed E-state index contributed by atoms with van der Waals surface area (Å²) in [6.45, 7) is 3.83. The van der Waals surface area contributed by atoms with Crippen LogP contribution in [0.3, 0.4) is 0 Å². The Labute approximate surface area is 193 Å². The van der Waals surface area contributed by atoms with Crippen molar-refractivity contribution in [2.75, 3.05) is 29.1 Å². The highest BCUT2D eigenvalue weighted by molar-refractivity contribution is 6.03. The Kier molecular flexibility index (Phi) is 7.19. The number of allylic oxidation sites excluding steroid dienone is 2. The molecule has 33 heavy (non-hydrogen) atoms. The van der Waals surface area contributed by atoms with Gasteiger partial charge in [0.15, 0.2) is 11.6 Å². The van der Waals surface area contributed by atoms with Gasteiger partial charge in [-0.3, -0.25) is 9.79 Å². The normalized spacial score (nSPS) is 16.2. The molecule has 0 spiro atoms. The van der Waals surface area contributed by atoms with Gasteiger partial charge in [0.2, 0.25) is 5.91 Å². The number of benzene rings is 1. The molecule has 0 aliphatic carbocycles. The lowest BCUT2D eigenvalue weighted by Crippen LogP contribution is -2.39. The number of nitrogens with zero attached hydrogens (tertiary/aromatic N) is 4. The number of nitrogen functional groups attached to an aromatic ring is 1. The molecule has 0 radical (unpaired) electrons. The number of amidine groups is 1. The number of carbonyl (C=O) groups excluding carboxylic acids is 1. The van der Waals surface area contributed by atoms with Crippen LogP contribution in [-0.4, -0.2) is 34.9 Å². The first kappa shape index (κ1) is 22.3. The number of aromatic nitrogens is 2. The van der Waals surface area contributed by atoms with E-state index < -0.39 is 0 Å². The van der Waals surface area contributed by atoms with Crippen LogP contribution in [-0.2, 0) is 17.9 Å². The standard InChI is InChI=1S/C24H29N7O2/c1-2-3-12-33-24-29-22(25)21-23(30-24)31(16-20(32)28-21)15-18-9-7-8-17(13-18)14-27-19-10-5-4-6-11-26-19/h5-11,13H,2-4,12,14-16H2,1H3,(H,26,27)(H,28,32)(H2,25,29,30). The molecule has 2 aliphatic rings. The predicted octanol–water partition coefficient (Wildman–Crippen LogP) is 3.16. The Morgan fingerprint density at radius 1 is 1.24 bits per heavy atom. The van der Waals surface area contributed by atoms with Gasteiger partial charge in [-0.25, -0.2) is 0 Å². The Bertz CT molecular complexity index is 1090. The molecule has 2 aromatic rings. The summed E-state index contributed by atoms with van der Waals surface area (Å²) in [5, 5.41) is 5.96. The van der Waals surface area contributed by atoms with Gasteiger partial charge in [-0.15, -0.1) is 0 Å². The van der Waals surface area contributed by atoms with E-state index in [0.29, 0.717) is 31.2 Å². The fourth-order valence-corrected chi connectivity index (χ4v) is 3.56. The van der Waals surface area contributed by atoms with Gasteiger partial charge in [0, 0.05) is 6.54 Å². The second kappa shape index (κ2) is 10.6. The average Bonchev–Trinajstić information content (AvgIpc) is 3.08. The van der Waals surface area contributed by atoms with E-state index in [1.165, 1.54) is 0 Å². The van der Waals surface area contributed by atoms with Crippen LogP contribution in [0.5, 0.6) is 6.01 Å². The highest BCUT2D eigenvalue weighted by Gasteiger charge is 2.27. The summed E-state index contributed by atoms with van der Waals surface area (Å²) in [7, 11) is 0. The summed E-state index contributed by atoms with van der Waals surface area (Å²) >= 11 is 0. The minimum absolute atomic E-state index is 0.153. The van der Waals surface area contributed by atoms with E-state index in [0.717, 1.165) is 36.2 Å². The highest BCUT2D eigenvalue weighted by Crippen LogP contribution is 2.34. The van der Waals surface area contributed by atoms with Crippen LogP contribution in [0.15, 0.2) is 53.7 Å². The second-order valence-corrected chi connectivity index (χ2v) is 7.90. The summed E-state index contributed by atoms with van der Waals surface area (Å²) in [4.78, 5) is 27.6. The van der Waals surface area contributed by atoms with Gasteiger partial charge in [-0.2, -0.15) is 9.97 Å². The summed E-state index contributed by atoms with van der Waals surface area (Å²) < 4.78 is 5.66. The monoisotopic (exact) mass is 447 g/mol. The molecular formula is C24H29N7O2. The van der Waals surface area contributed by atoms with Gasteiger partial charge >= 0.3 is 6.01 Å². The maximum Gasteiger partial charge on any atom is 0.320 e. The number of hydrogen-bond acceptors (Lipinski definition) is 7. The lowest BCUT2D eigenvalue weighted by atomic mass is 10.1. The largest absolute Gasteiger partial charge is 0.463 e. The van der Waals surface area contributed by atoms with E-state index in [-0.39, 0.29) is 24.3 Å². The SMILES string of the molecule is CCCCOc1nc(N)c2c(n1)N(Cc1cccc(CN=C3C=CCC=CN3)c1)CC(=O)N2. The van der Waals surface area contributed by atoms with Crippen LogP contribution in [0, 0.1) is 0 Å². The third kappa shape index (κ3) is 5.88. The Hall–Kier alpha value is -3.88. The van der Waals surface area contributed by atoms with E-state index in [1.807, 2.05) is 41.5 Å². The molecule has 0 atom stereocenters. The summed E-state index contributed by atoms with van der Waals surface area (Å²) in [5.41, 5.74) is 8.66. The maximum atomic E-state index is 12.3. The van der Waals surface area contributed by atoms with Gasteiger partial charge < -0.3 is 26.0 Å². The Morgan fingerprint density at radius 3 is 3.00 bits per heavy atom. The quantitative estimate of drug-likeness (QED) is 0.532. The third-order valence-corrected chi connectivity index (χ3v) is 5.22. The number of nitrogens with two attached hydrogens (primary N) is 1. The van der Waals surface area contributed by atoms with Crippen molar-refractivity contribution in [1.82, 2.24) is 15.3 Å². The fourth-order valence-electron chi connectivity index (χ4n) is 3.56. The molecule has 1 aromatic heterocycles. The van der Waals surface area contributed by atoms with Crippen molar-refractivity contribution in [3.63, 3.8) is 0 Å². The zero-order chi connectivity index (χ0) is 23.0. The predicted molar refractivity (Wildman–Crippen MR) is 130 cm³/mol. The van der Waals surface area contributed by atoms with Crippen LogP contribution < -0.4 is 26.0 Å². The molecule has 4 rings (SSSR count). The highest BCUT2D eigenvalue weighted by atomic mass is 16.5. The molecule has 0 saturated carbocycles. The number of anilines is 3. The topological polar surface area (TPSA) is 118 Å². The molecular weight excluding hydrogens is 418 g/mol. The van der Waals surface area contributed by atoms with E-state index in [4.69, 9.17) is 10.5 Å². The number of amides is 1. The Balaban J connectivity index is 1.52. The number of aliphatic imine (C=N–C) groups is 1. The van der Waals surface area contributed by atoms with Crippen molar-refractivity contribution in [2.45, 2.75) is 39.3 Å². The number of ether oxygens (including phenoxy) is 1. The molecule has 1 aromatic carbocycles. The van der Waals surface area contributed by atoms with Gasteiger partial charge in [-0.1, -0.05) is 49.8 Å². The van der Waals surface area contributed by atoms with Crippen LogP contribution in [0.4, 0.5) is 17.3 Å². The number of carbonyl (C=O) groups is 1. The molecule has 9 nitrogen and oxygen atoms in total. The molecule has 0 saturated heterocycles. The van der Waals surface area contributed by atoms with Crippen LogP contribution in [0.25, 0.3) is 0 Å². The van der Waals surface area contributed by atoms with E-state index in [9.17, 15) is 4.79 Å². The Morgan fingerprint density at radius 2 is 2.12 bits per heavy atom. The van der Waals surface area contributed by atoms with Crippen molar-refractivity contribution < 1.29 is 9.53 Å². The minimum atomic E-state index is -0.153. The second-order valence-electron chi connectivity index (χ2n) is 7.90. The zero-order valence-corrected chi connectivity index (χ0v) is 18.8. The van der Waals surface area contributed by atoms with E-state index in [1.54, 1.807) is 0 Å². The number of unbranched alkanes of at least 4 members (excludes halogenated alkanes) is 1. The minimum Gasteiger partial charge on any atom is -0.463 e. The molecule has 3 heterocycles. The maximum absolute atomic E-state index is 12.3. The van der Waals surface area contributed by atoms with Crippen molar-refractivity contribution >= 4 is 29.1 Å². The summed E-state index contributed by atoms with van der Waals surface area (Å²) in [5.74, 6) is 1.45. The van der Waals surface area contributed by atoms with Gasteiger partial charge in [0.1, 0.15) is 11.5 Å².